The van der Waals surface area contributed by atoms with Crippen LogP contribution in [0, 0.1) is 6.92 Å². The molecular weight excluding hydrogens is 370 g/mol. The lowest BCUT2D eigenvalue weighted by molar-refractivity contribution is 0.102. The van der Waals surface area contributed by atoms with Crippen molar-refractivity contribution in [3.05, 3.63) is 45.9 Å². The van der Waals surface area contributed by atoms with E-state index in [9.17, 15) is 9.90 Å². The van der Waals surface area contributed by atoms with Gasteiger partial charge in [0.2, 0.25) is 0 Å². The molecule has 3 rings (SSSR count). The first-order valence-electron chi connectivity index (χ1n) is 7.98. The molecule has 1 atom stereocenters. The molecule has 0 bridgehead atoms. The monoisotopic (exact) mass is 389 g/mol. The molecule has 0 aliphatic carbocycles. The summed E-state index contributed by atoms with van der Waals surface area (Å²) in [5.74, 6) is 1.61. The van der Waals surface area contributed by atoms with Crippen LogP contribution in [-0.2, 0) is 0 Å². The molecule has 1 unspecified atom stereocenters. The van der Waals surface area contributed by atoms with E-state index in [0.29, 0.717) is 15.6 Å². The Balaban J connectivity index is 1.80. The third-order valence-electron chi connectivity index (χ3n) is 3.77. The number of hydrogen-bond acceptors (Lipinski definition) is 8. The number of methoxy groups -OCH3 is 1. The number of ether oxygens (including phenoxy) is 1. The van der Waals surface area contributed by atoms with Crippen LogP contribution in [0.4, 0.5) is 0 Å². The first-order chi connectivity index (χ1) is 12.5. The Kier molecular flexibility index (Phi) is 5.87. The van der Waals surface area contributed by atoms with Gasteiger partial charge in [0.1, 0.15) is 22.7 Å². The first kappa shape index (κ1) is 18.8. The average Bonchev–Trinajstić information content (AvgIpc) is 3.15. The summed E-state index contributed by atoms with van der Waals surface area (Å²) in [5.41, 5.74) is 6.28. The summed E-state index contributed by atoms with van der Waals surface area (Å²) < 4.78 is 5.27. The summed E-state index contributed by atoms with van der Waals surface area (Å²) in [5, 5.41) is 11.4. The van der Waals surface area contributed by atoms with Gasteiger partial charge in [0, 0.05) is 16.8 Å². The highest BCUT2D eigenvalue weighted by Crippen LogP contribution is 2.30. The van der Waals surface area contributed by atoms with Crippen molar-refractivity contribution in [2.24, 2.45) is 5.73 Å². The normalized spacial score (nSPS) is 12.3. The van der Waals surface area contributed by atoms with E-state index in [1.54, 1.807) is 19.2 Å². The number of hydrogen-bond donors (Lipinski definition) is 2. The van der Waals surface area contributed by atoms with Gasteiger partial charge in [-0.3, -0.25) is 4.79 Å². The SMILES string of the molecule is COc1ccc2nc(C)nc(SCC(=O)c3ccc(C(O)CN)s3)c2c1. The molecular formula is C18H19N3O3S2. The quantitative estimate of drug-likeness (QED) is 0.364. The average molecular weight is 390 g/mol. The number of aliphatic hydroxyl groups is 1. The van der Waals surface area contributed by atoms with Crippen molar-refractivity contribution in [3.8, 4) is 5.75 Å². The topological polar surface area (TPSA) is 98.3 Å². The van der Waals surface area contributed by atoms with E-state index < -0.39 is 6.10 Å². The maximum absolute atomic E-state index is 12.5. The number of aryl methyl sites for hydroxylation is 1. The smallest absolute Gasteiger partial charge is 0.183 e. The van der Waals surface area contributed by atoms with Crippen LogP contribution in [0.25, 0.3) is 10.9 Å². The van der Waals surface area contributed by atoms with E-state index in [-0.39, 0.29) is 18.1 Å². The lowest BCUT2D eigenvalue weighted by atomic mass is 10.2. The summed E-state index contributed by atoms with van der Waals surface area (Å²) in [7, 11) is 1.61. The second-order valence-corrected chi connectivity index (χ2v) is 7.70. The van der Waals surface area contributed by atoms with E-state index in [4.69, 9.17) is 10.5 Å². The van der Waals surface area contributed by atoms with Crippen molar-refractivity contribution in [1.29, 1.82) is 0 Å². The van der Waals surface area contributed by atoms with Crippen molar-refractivity contribution in [1.82, 2.24) is 9.97 Å². The number of ketones is 1. The maximum Gasteiger partial charge on any atom is 0.183 e. The van der Waals surface area contributed by atoms with Crippen molar-refractivity contribution in [3.63, 3.8) is 0 Å². The molecule has 0 amide bonds. The number of carbonyl (C=O) groups is 1. The number of nitrogens with zero attached hydrogens (tertiary/aromatic N) is 2. The molecule has 0 aliphatic heterocycles. The summed E-state index contributed by atoms with van der Waals surface area (Å²) in [6, 6.07) is 9.09. The number of benzene rings is 1. The van der Waals surface area contributed by atoms with Gasteiger partial charge in [0.05, 0.1) is 23.3 Å². The summed E-state index contributed by atoms with van der Waals surface area (Å²) in [6.45, 7) is 1.96. The van der Waals surface area contributed by atoms with Crippen LogP contribution in [0.1, 0.15) is 26.5 Å². The Bertz CT molecular complexity index is 943. The highest BCUT2D eigenvalue weighted by atomic mass is 32.2. The number of thioether (sulfide) groups is 1. The van der Waals surface area contributed by atoms with Crippen LogP contribution >= 0.6 is 23.1 Å². The lowest BCUT2D eigenvalue weighted by Crippen LogP contribution is -2.09. The van der Waals surface area contributed by atoms with Crippen LogP contribution in [-0.4, -0.2) is 40.3 Å². The predicted octanol–water partition coefficient (Wildman–Crippen LogP) is 2.98. The Labute approximate surface area is 159 Å². The fraction of sp³-hybridized carbons (Fsp3) is 0.278. The third-order valence-corrected chi connectivity index (χ3v) is 5.99. The summed E-state index contributed by atoms with van der Waals surface area (Å²) in [6.07, 6.45) is -0.727. The van der Waals surface area contributed by atoms with Gasteiger partial charge in [-0.1, -0.05) is 11.8 Å². The van der Waals surface area contributed by atoms with Crippen molar-refractivity contribution >= 4 is 39.8 Å². The molecule has 0 aliphatic rings. The van der Waals surface area contributed by atoms with Crippen molar-refractivity contribution in [2.75, 3.05) is 19.4 Å². The number of Topliss-reactive ketones (excluding diaryl/α,β-unsaturated/α-hetero) is 1. The Morgan fingerprint density at radius 2 is 2.15 bits per heavy atom. The van der Waals surface area contributed by atoms with Crippen LogP contribution < -0.4 is 10.5 Å². The molecule has 6 nitrogen and oxygen atoms in total. The van der Waals surface area contributed by atoms with Crippen LogP contribution in [0.15, 0.2) is 35.4 Å². The fourth-order valence-corrected chi connectivity index (χ4v) is 4.41. The van der Waals surface area contributed by atoms with Crippen LogP contribution in [0.3, 0.4) is 0 Å². The maximum atomic E-state index is 12.5. The number of aliphatic hydroxyl groups excluding tert-OH is 1. The highest BCUT2D eigenvalue weighted by Gasteiger charge is 2.15. The zero-order valence-electron chi connectivity index (χ0n) is 14.4. The molecule has 0 fully saturated rings. The molecule has 3 aromatic rings. The van der Waals surface area contributed by atoms with Crippen molar-refractivity contribution in [2.45, 2.75) is 18.1 Å². The predicted molar refractivity (Wildman–Crippen MR) is 104 cm³/mol. The largest absolute Gasteiger partial charge is 0.497 e. The molecule has 26 heavy (non-hydrogen) atoms. The molecule has 0 radical (unpaired) electrons. The third kappa shape index (κ3) is 4.04. The van der Waals surface area contributed by atoms with Crippen molar-refractivity contribution < 1.29 is 14.6 Å². The second-order valence-electron chi connectivity index (χ2n) is 5.62. The summed E-state index contributed by atoms with van der Waals surface area (Å²) >= 11 is 2.65. The van der Waals surface area contributed by atoms with E-state index in [1.165, 1.54) is 23.1 Å². The minimum Gasteiger partial charge on any atom is -0.497 e. The van der Waals surface area contributed by atoms with E-state index in [0.717, 1.165) is 21.7 Å². The number of fused-ring (bicyclic) bond motifs is 1. The molecule has 1 aromatic carbocycles. The molecule has 136 valence electrons. The lowest BCUT2D eigenvalue weighted by Gasteiger charge is -2.08. The zero-order chi connectivity index (χ0) is 18.7. The van der Waals surface area contributed by atoms with Gasteiger partial charge in [-0.05, 0) is 37.3 Å². The molecule has 3 N–H and O–H groups in total. The molecule has 8 heteroatoms. The summed E-state index contributed by atoms with van der Waals surface area (Å²) in [4.78, 5) is 22.7. The number of thiophene rings is 1. The molecule has 2 heterocycles. The van der Waals surface area contributed by atoms with E-state index >= 15 is 0 Å². The number of rotatable bonds is 7. The Hall–Kier alpha value is -2.00. The number of nitrogens with two attached hydrogens (primary N) is 1. The first-order valence-corrected chi connectivity index (χ1v) is 9.78. The molecule has 0 spiro atoms. The van der Waals surface area contributed by atoms with E-state index in [1.807, 2.05) is 25.1 Å². The fourth-order valence-electron chi connectivity index (χ4n) is 2.43. The van der Waals surface area contributed by atoms with Crippen LogP contribution in [0.5, 0.6) is 5.75 Å². The molecule has 0 saturated carbocycles. The van der Waals surface area contributed by atoms with Gasteiger partial charge in [-0.2, -0.15) is 0 Å². The highest BCUT2D eigenvalue weighted by molar-refractivity contribution is 8.00. The second kappa shape index (κ2) is 8.13. The van der Waals surface area contributed by atoms with Gasteiger partial charge in [0.25, 0.3) is 0 Å². The van der Waals surface area contributed by atoms with Gasteiger partial charge in [-0.15, -0.1) is 11.3 Å². The van der Waals surface area contributed by atoms with Gasteiger partial charge < -0.3 is 15.6 Å². The van der Waals surface area contributed by atoms with Crippen LogP contribution in [0.2, 0.25) is 0 Å². The van der Waals surface area contributed by atoms with Gasteiger partial charge in [0.15, 0.2) is 5.78 Å². The number of aromatic nitrogens is 2. The van der Waals surface area contributed by atoms with Gasteiger partial charge in [-0.25, -0.2) is 9.97 Å². The Morgan fingerprint density at radius 3 is 2.88 bits per heavy atom. The zero-order valence-corrected chi connectivity index (χ0v) is 16.1. The molecule has 0 saturated heterocycles. The van der Waals surface area contributed by atoms with E-state index in [2.05, 4.69) is 9.97 Å². The minimum atomic E-state index is -0.727. The Morgan fingerprint density at radius 1 is 1.35 bits per heavy atom. The molecule has 2 aromatic heterocycles. The minimum absolute atomic E-state index is 0.0113. The number of carbonyl (C=O) groups excluding carboxylic acids is 1. The standard InChI is InChI=1S/C18H19N3O3S2/c1-10-20-13-4-3-11(24-2)7-12(13)18(21-10)25-9-15(23)17-6-5-16(26-17)14(22)8-19/h3-7,14,22H,8-9,19H2,1-2H3. The van der Waals surface area contributed by atoms with Gasteiger partial charge >= 0.3 is 0 Å².